The summed E-state index contributed by atoms with van der Waals surface area (Å²) in [6.45, 7) is 3.10. The third-order valence-corrected chi connectivity index (χ3v) is 3.90. The molecule has 0 aromatic heterocycles. The molecule has 0 bridgehead atoms. The Hall–Kier alpha value is -1.90. The van der Waals surface area contributed by atoms with Gasteiger partial charge in [-0.25, -0.2) is 0 Å². The fourth-order valence-corrected chi connectivity index (χ4v) is 2.80. The van der Waals surface area contributed by atoms with Crippen LogP contribution in [0.25, 0.3) is 0 Å². The van der Waals surface area contributed by atoms with Crippen LogP contribution in [0.3, 0.4) is 0 Å². The first-order valence-electron chi connectivity index (χ1n) is 6.95. The first kappa shape index (κ1) is 12.2. The first-order chi connectivity index (χ1) is 9.24. The zero-order chi connectivity index (χ0) is 13.2. The van der Waals surface area contributed by atoms with Crippen LogP contribution in [0.2, 0.25) is 0 Å². The third-order valence-electron chi connectivity index (χ3n) is 3.90. The molecule has 0 radical (unpaired) electrons. The molecule has 0 fully saturated rings. The number of likely N-dealkylation sites (N-methyl/N-ethyl adjacent to an activating group) is 1. The normalized spacial score (nSPS) is 18.3. The van der Waals surface area contributed by atoms with Crippen molar-refractivity contribution in [3.05, 3.63) is 42.0 Å². The van der Waals surface area contributed by atoms with Crippen molar-refractivity contribution in [3.63, 3.8) is 0 Å². The van der Waals surface area contributed by atoms with E-state index in [-0.39, 0.29) is 0 Å². The van der Waals surface area contributed by atoms with Gasteiger partial charge in [-0.2, -0.15) is 0 Å². The van der Waals surface area contributed by atoms with Crippen LogP contribution < -0.4 is 15.5 Å². The lowest BCUT2D eigenvalue weighted by Gasteiger charge is -2.37. The predicted molar refractivity (Wildman–Crippen MR) is 82.8 cm³/mol. The Bertz CT molecular complexity index is 531. The molecule has 1 aliphatic heterocycles. The molecule has 0 amide bonds. The van der Waals surface area contributed by atoms with Crippen LogP contribution in [-0.4, -0.2) is 26.7 Å². The molecule has 19 heavy (non-hydrogen) atoms. The van der Waals surface area contributed by atoms with E-state index in [9.17, 15) is 0 Å². The summed E-state index contributed by atoms with van der Waals surface area (Å²) in [7, 11) is 2.14. The van der Waals surface area contributed by atoms with Gasteiger partial charge in [0.05, 0.1) is 11.4 Å². The molecule has 0 saturated carbocycles. The SMILES string of the molecule is CN1CCN(CC2=CCCC=C2)c2cc(N)ccc21. The van der Waals surface area contributed by atoms with E-state index in [1.807, 2.05) is 6.07 Å². The van der Waals surface area contributed by atoms with Crippen molar-refractivity contribution in [2.45, 2.75) is 12.8 Å². The Kier molecular flexibility index (Phi) is 3.20. The van der Waals surface area contributed by atoms with E-state index < -0.39 is 0 Å². The molecule has 1 heterocycles. The topological polar surface area (TPSA) is 32.5 Å². The summed E-state index contributed by atoms with van der Waals surface area (Å²) in [6, 6.07) is 6.21. The maximum absolute atomic E-state index is 5.95. The van der Waals surface area contributed by atoms with Crippen molar-refractivity contribution < 1.29 is 0 Å². The molecule has 0 spiro atoms. The molecule has 1 aliphatic carbocycles. The standard InChI is InChI=1S/C16H21N3/c1-18-9-10-19(12-13-5-3-2-4-6-13)16-11-14(17)7-8-15(16)18/h3,5-8,11H,2,4,9-10,12,17H2,1H3. The monoisotopic (exact) mass is 255 g/mol. The van der Waals surface area contributed by atoms with Crippen LogP contribution in [0.4, 0.5) is 17.1 Å². The van der Waals surface area contributed by atoms with Gasteiger partial charge in [-0.3, -0.25) is 0 Å². The number of nitrogens with zero attached hydrogens (tertiary/aromatic N) is 2. The van der Waals surface area contributed by atoms with Gasteiger partial charge < -0.3 is 15.5 Å². The molecular weight excluding hydrogens is 234 g/mol. The Morgan fingerprint density at radius 2 is 2.05 bits per heavy atom. The summed E-state index contributed by atoms with van der Waals surface area (Å²) >= 11 is 0. The molecule has 2 aliphatic rings. The van der Waals surface area contributed by atoms with Crippen molar-refractivity contribution in [1.82, 2.24) is 0 Å². The predicted octanol–water partition coefficient (Wildman–Crippen LogP) is 2.80. The maximum atomic E-state index is 5.95. The van der Waals surface area contributed by atoms with E-state index >= 15 is 0 Å². The fourth-order valence-electron chi connectivity index (χ4n) is 2.80. The lowest BCUT2D eigenvalue weighted by Crippen LogP contribution is -2.40. The number of allylic oxidation sites excluding steroid dienone is 2. The van der Waals surface area contributed by atoms with Gasteiger partial charge in [-0.15, -0.1) is 0 Å². The minimum atomic E-state index is 0.840. The molecule has 100 valence electrons. The molecule has 1 aromatic rings. The Balaban J connectivity index is 1.88. The molecule has 0 saturated heterocycles. The summed E-state index contributed by atoms with van der Waals surface area (Å²) < 4.78 is 0. The van der Waals surface area contributed by atoms with Gasteiger partial charge in [0.1, 0.15) is 0 Å². The molecule has 3 heteroatoms. The van der Waals surface area contributed by atoms with Crippen LogP contribution in [0.1, 0.15) is 12.8 Å². The van der Waals surface area contributed by atoms with Crippen molar-refractivity contribution >= 4 is 17.1 Å². The van der Waals surface area contributed by atoms with Gasteiger partial charge >= 0.3 is 0 Å². The van der Waals surface area contributed by atoms with Crippen LogP contribution in [0.5, 0.6) is 0 Å². The van der Waals surface area contributed by atoms with E-state index in [1.165, 1.54) is 29.8 Å². The first-order valence-corrected chi connectivity index (χ1v) is 6.95. The molecule has 3 rings (SSSR count). The third kappa shape index (κ3) is 2.46. The number of hydrogen-bond acceptors (Lipinski definition) is 3. The number of rotatable bonds is 2. The average molecular weight is 255 g/mol. The second-order valence-corrected chi connectivity index (χ2v) is 5.35. The number of nitrogens with two attached hydrogens (primary N) is 1. The van der Waals surface area contributed by atoms with E-state index in [0.717, 1.165) is 25.3 Å². The van der Waals surface area contributed by atoms with Gasteiger partial charge in [-0.05, 0) is 36.6 Å². The smallest absolute Gasteiger partial charge is 0.0628 e. The number of nitrogen functional groups attached to an aromatic ring is 1. The highest BCUT2D eigenvalue weighted by atomic mass is 15.2. The number of benzene rings is 1. The Morgan fingerprint density at radius 3 is 2.84 bits per heavy atom. The summed E-state index contributed by atoms with van der Waals surface area (Å²) in [5.41, 5.74) is 10.7. The summed E-state index contributed by atoms with van der Waals surface area (Å²) in [5.74, 6) is 0. The molecular formula is C16H21N3. The van der Waals surface area contributed by atoms with Gasteiger partial charge in [0.2, 0.25) is 0 Å². The quantitative estimate of drug-likeness (QED) is 0.825. The highest BCUT2D eigenvalue weighted by Gasteiger charge is 2.20. The molecule has 1 aromatic carbocycles. The van der Waals surface area contributed by atoms with Gasteiger partial charge in [0.25, 0.3) is 0 Å². The second-order valence-electron chi connectivity index (χ2n) is 5.35. The summed E-state index contributed by atoms with van der Waals surface area (Å²) in [5, 5.41) is 0. The molecule has 0 unspecified atom stereocenters. The van der Waals surface area contributed by atoms with Crippen LogP contribution in [0.15, 0.2) is 42.0 Å². The zero-order valence-corrected chi connectivity index (χ0v) is 11.5. The maximum Gasteiger partial charge on any atom is 0.0628 e. The molecule has 3 nitrogen and oxygen atoms in total. The van der Waals surface area contributed by atoms with E-state index in [0.29, 0.717) is 0 Å². The minimum Gasteiger partial charge on any atom is -0.399 e. The van der Waals surface area contributed by atoms with Gasteiger partial charge in [0, 0.05) is 32.4 Å². The summed E-state index contributed by atoms with van der Waals surface area (Å²) in [4.78, 5) is 4.74. The highest BCUT2D eigenvalue weighted by molar-refractivity contribution is 5.77. The van der Waals surface area contributed by atoms with Crippen molar-refractivity contribution in [1.29, 1.82) is 0 Å². The van der Waals surface area contributed by atoms with E-state index in [4.69, 9.17) is 5.73 Å². The average Bonchev–Trinajstić information content (AvgIpc) is 2.43. The van der Waals surface area contributed by atoms with E-state index in [2.05, 4.69) is 47.2 Å². The Morgan fingerprint density at radius 1 is 1.16 bits per heavy atom. The van der Waals surface area contributed by atoms with Gasteiger partial charge in [0.15, 0.2) is 0 Å². The van der Waals surface area contributed by atoms with Gasteiger partial charge in [-0.1, -0.05) is 18.2 Å². The number of fused-ring (bicyclic) bond motifs is 1. The van der Waals surface area contributed by atoms with Crippen molar-refractivity contribution in [2.24, 2.45) is 0 Å². The lowest BCUT2D eigenvalue weighted by atomic mass is 10.1. The van der Waals surface area contributed by atoms with Crippen molar-refractivity contribution in [2.75, 3.05) is 42.2 Å². The minimum absolute atomic E-state index is 0.840. The van der Waals surface area contributed by atoms with Crippen LogP contribution >= 0.6 is 0 Å². The summed E-state index contributed by atoms with van der Waals surface area (Å²) in [6.07, 6.45) is 9.23. The van der Waals surface area contributed by atoms with E-state index in [1.54, 1.807) is 0 Å². The van der Waals surface area contributed by atoms with Crippen molar-refractivity contribution in [3.8, 4) is 0 Å². The number of hydrogen-bond donors (Lipinski definition) is 1. The van der Waals surface area contributed by atoms with Crippen LogP contribution in [0, 0.1) is 0 Å². The molecule has 2 N–H and O–H groups in total. The fraction of sp³-hybridized carbons (Fsp3) is 0.375. The largest absolute Gasteiger partial charge is 0.399 e. The highest BCUT2D eigenvalue weighted by Crippen LogP contribution is 2.34. The molecule has 0 atom stereocenters. The van der Waals surface area contributed by atoms with Crippen LogP contribution in [-0.2, 0) is 0 Å². The lowest BCUT2D eigenvalue weighted by molar-refractivity contribution is 0.762. The number of anilines is 3. The Labute approximate surface area is 115 Å². The second kappa shape index (κ2) is 5.00. The zero-order valence-electron chi connectivity index (χ0n) is 11.5.